The van der Waals surface area contributed by atoms with Crippen LogP contribution >= 0.6 is 11.3 Å². The molecule has 0 radical (unpaired) electrons. The largest absolute Gasteiger partial charge is 0.497 e. The molecular weight excluding hydrogens is 374 g/mol. The first-order chi connectivity index (χ1) is 13.6. The highest BCUT2D eigenvalue weighted by Gasteiger charge is 2.53. The Bertz CT molecular complexity index is 875. The van der Waals surface area contributed by atoms with Crippen LogP contribution in [0.1, 0.15) is 53.9 Å². The predicted molar refractivity (Wildman–Crippen MR) is 107 cm³/mol. The summed E-state index contributed by atoms with van der Waals surface area (Å²) in [6, 6.07) is 5.18. The van der Waals surface area contributed by atoms with E-state index < -0.39 is 0 Å². The number of amides is 1. The molecule has 4 bridgehead atoms. The van der Waals surface area contributed by atoms with E-state index in [1.54, 1.807) is 43.8 Å². The molecule has 28 heavy (non-hydrogen) atoms. The average Bonchev–Trinajstić information content (AvgIpc) is 3.15. The van der Waals surface area contributed by atoms with Crippen LogP contribution in [-0.4, -0.2) is 30.3 Å². The lowest BCUT2D eigenvalue weighted by molar-refractivity contribution is -0.00555. The number of ether oxygens (including phenoxy) is 2. The van der Waals surface area contributed by atoms with Crippen molar-refractivity contribution >= 4 is 22.4 Å². The third-order valence-corrected chi connectivity index (χ3v) is 7.87. The maximum Gasteiger partial charge on any atom is 0.261 e. The summed E-state index contributed by atoms with van der Waals surface area (Å²) in [6.45, 7) is 0. The van der Waals surface area contributed by atoms with Crippen molar-refractivity contribution in [2.75, 3.05) is 19.5 Å². The van der Waals surface area contributed by atoms with Gasteiger partial charge in [0.25, 0.3) is 5.91 Å². The summed E-state index contributed by atoms with van der Waals surface area (Å²) in [6.07, 6.45) is 7.92. The summed E-state index contributed by atoms with van der Waals surface area (Å²) < 4.78 is 10.6. The van der Waals surface area contributed by atoms with Gasteiger partial charge < -0.3 is 9.47 Å². The Labute approximate surface area is 168 Å². The quantitative estimate of drug-likeness (QED) is 0.813. The van der Waals surface area contributed by atoms with Gasteiger partial charge in [0.05, 0.1) is 19.8 Å². The van der Waals surface area contributed by atoms with E-state index in [1.165, 1.54) is 38.5 Å². The Morgan fingerprint density at radius 1 is 1.07 bits per heavy atom. The van der Waals surface area contributed by atoms with E-state index in [9.17, 15) is 4.79 Å². The lowest BCUT2D eigenvalue weighted by Crippen LogP contribution is -2.48. The van der Waals surface area contributed by atoms with Crippen LogP contribution in [-0.2, 0) is 5.41 Å². The summed E-state index contributed by atoms with van der Waals surface area (Å²) in [4.78, 5) is 12.8. The second-order valence-corrected chi connectivity index (χ2v) is 9.61. The standard InChI is InChI=1S/C21H25N3O3S/c1-26-15-3-4-17(27-2)16(8-15)18(25)22-20-24-23-19(28-20)21-9-12-5-13(10-21)7-14(6-12)11-21/h3-4,8,12-14H,5-7,9-11H2,1-2H3,(H,22,24,25). The zero-order valence-electron chi connectivity index (χ0n) is 16.2. The lowest BCUT2D eigenvalue weighted by atomic mass is 9.50. The topological polar surface area (TPSA) is 73.3 Å². The minimum Gasteiger partial charge on any atom is -0.497 e. The molecule has 1 aromatic heterocycles. The van der Waals surface area contributed by atoms with Crippen LogP contribution in [0.15, 0.2) is 18.2 Å². The summed E-state index contributed by atoms with van der Waals surface area (Å²) in [5, 5.41) is 13.4. The molecule has 0 unspecified atom stereocenters. The molecule has 4 saturated carbocycles. The first kappa shape index (κ1) is 17.9. The molecule has 0 atom stereocenters. The van der Waals surface area contributed by atoms with Crippen molar-refractivity contribution in [3.05, 3.63) is 28.8 Å². The normalized spacial score (nSPS) is 30.3. The molecule has 1 aromatic carbocycles. The Kier molecular flexibility index (Phi) is 4.30. The fourth-order valence-corrected chi connectivity index (χ4v) is 6.97. The maximum absolute atomic E-state index is 12.8. The van der Waals surface area contributed by atoms with Crippen LogP contribution < -0.4 is 14.8 Å². The van der Waals surface area contributed by atoms with Gasteiger partial charge in [-0.25, -0.2) is 0 Å². The molecule has 0 saturated heterocycles. The highest BCUT2D eigenvalue weighted by atomic mass is 32.1. The molecular formula is C21H25N3O3S. The number of carbonyl (C=O) groups excluding carboxylic acids is 1. The van der Waals surface area contributed by atoms with Gasteiger partial charge in [0.15, 0.2) is 0 Å². The van der Waals surface area contributed by atoms with Crippen LogP contribution in [0.5, 0.6) is 11.5 Å². The zero-order valence-corrected chi connectivity index (χ0v) is 17.1. The second kappa shape index (κ2) is 6.72. The third kappa shape index (κ3) is 2.96. The van der Waals surface area contributed by atoms with Crippen LogP contribution in [0.4, 0.5) is 5.13 Å². The summed E-state index contributed by atoms with van der Waals surface area (Å²) in [5.74, 6) is 3.42. The molecule has 2 aromatic rings. The highest BCUT2D eigenvalue weighted by molar-refractivity contribution is 7.15. The van der Waals surface area contributed by atoms with Gasteiger partial charge in [-0.2, -0.15) is 0 Å². The van der Waals surface area contributed by atoms with E-state index in [-0.39, 0.29) is 11.3 Å². The molecule has 1 heterocycles. The smallest absolute Gasteiger partial charge is 0.261 e. The van der Waals surface area contributed by atoms with Crippen molar-refractivity contribution in [2.45, 2.75) is 43.9 Å². The van der Waals surface area contributed by atoms with Gasteiger partial charge >= 0.3 is 0 Å². The maximum atomic E-state index is 12.8. The number of methoxy groups -OCH3 is 2. The summed E-state index contributed by atoms with van der Waals surface area (Å²) >= 11 is 1.54. The Morgan fingerprint density at radius 2 is 1.75 bits per heavy atom. The van der Waals surface area contributed by atoms with Crippen LogP contribution in [0.2, 0.25) is 0 Å². The van der Waals surface area contributed by atoms with Crippen molar-refractivity contribution in [2.24, 2.45) is 17.8 Å². The number of hydrogen-bond donors (Lipinski definition) is 1. The number of rotatable bonds is 5. The van der Waals surface area contributed by atoms with Gasteiger partial charge in [-0.05, 0) is 74.5 Å². The van der Waals surface area contributed by atoms with Gasteiger partial charge in [-0.1, -0.05) is 11.3 Å². The molecule has 4 aliphatic rings. The van der Waals surface area contributed by atoms with Gasteiger partial charge in [-0.15, -0.1) is 10.2 Å². The van der Waals surface area contributed by atoms with Crippen LogP contribution in [0.3, 0.4) is 0 Å². The van der Waals surface area contributed by atoms with Gasteiger partial charge in [0.1, 0.15) is 16.5 Å². The fourth-order valence-electron chi connectivity index (χ4n) is 6.02. The van der Waals surface area contributed by atoms with E-state index in [0.29, 0.717) is 22.2 Å². The van der Waals surface area contributed by atoms with Crippen LogP contribution in [0.25, 0.3) is 0 Å². The fraction of sp³-hybridized carbons (Fsp3) is 0.571. The lowest BCUT2D eigenvalue weighted by Gasteiger charge is -2.55. The predicted octanol–water partition coefficient (Wildman–Crippen LogP) is 4.28. The number of hydrogen-bond acceptors (Lipinski definition) is 6. The molecule has 7 heteroatoms. The van der Waals surface area contributed by atoms with E-state index in [4.69, 9.17) is 9.47 Å². The zero-order chi connectivity index (χ0) is 19.3. The molecule has 4 aliphatic carbocycles. The molecule has 6 rings (SSSR count). The number of benzene rings is 1. The van der Waals surface area contributed by atoms with E-state index in [0.717, 1.165) is 22.8 Å². The number of anilines is 1. The molecule has 6 nitrogen and oxygen atoms in total. The molecule has 0 spiro atoms. The van der Waals surface area contributed by atoms with E-state index in [2.05, 4.69) is 15.5 Å². The van der Waals surface area contributed by atoms with Crippen molar-refractivity contribution in [1.29, 1.82) is 0 Å². The van der Waals surface area contributed by atoms with Gasteiger partial charge in [0, 0.05) is 5.41 Å². The molecule has 4 fully saturated rings. The van der Waals surface area contributed by atoms with Crippen molar-refractivity contribution < 1.29 is 14.3 Å². The SMILES string of the molecule is COc1ccc(OC)c(C(=O)Nc2nnc(C34CC5CC(CC(C5)C3)C4)s2)c1. The highest BCUT2D eigenvalue weighted by Crippen LogP contribution is 2.61. The van der Waals surface area contributed by atoms with Gasteiger partial charge in [0.2, 0.25) is 5.13 Å². The molecule has 148 valence electrons. The third-order valence-electron chi connectivity index (χ3n) is 6.79. The molecule has 0 aliphatic heterocycles. The second-order valence-electron chi connectivity index (χ2n) is 8.63. The minimum absolute atomic E-state index is 0.197. The molecule has 1 N–H and O–H groups in total. The average molecular weight is 400 g/mol. The number of nitrogens with zero attached hydrogens (tertiary/aromatic N) is 2. The Balaban J connectivity index is 1.37. The first-order valence-corrected chi connectivity index (χ1v) is 10.8. The summed E-state index contributed by atoms with van der Waals surface area (Å²) in [5.41, 5.74) is 0.622. The monoisotopic (exact) mass is 399 g/mol. The summed E-state index contributed by atoms with van der Waals surface area (Å²) in [7, 11) is 3.13. The van der Waals surface area contributed by atoms with Gasteiger partial charge in [-0.3, -0.25) is 10.1 Å². The number of carbonyl (C=O) groups is 1. The van der Waals surface area contributed by atoms with Crippen molar-refractivity contribution in [3.8, 4) is 11.5 Å². The number of nitrogens with one attached hydrogen (secondary N) is 1. The van der Waals surface area contributed by atoms with Crippen molar-refractivity contribution in [1.82, 2.24) is 10.2 Å². The van der Waals surface area contributed by atoms with Crippen LogP contribution in [0, 0.1) is 17.8 Å². The van der Waals surface area contributed by atoms with E-state index >= 15 is 0 Å². The minimum atomic E-state index is -0.260. The number of aromatic nitrogens is 2. The molecule has 1 amide bonds. The van der Waals surface area contributed by atoms with Crippen molar-refractivity contribution in [3.63, 3.8) is 0 Å². The Hall–Kier alpha value is -2.15. The van der Waals surface area contributed by atoms with E-state index in [1.807, 2.05) is 0 Å². The Morgan fingerprint density at radius 3 is 2.36 bits per heavy atom. The first-order valence-electron chi connectivity index (χ1n) is 9.96.